The molecule has 0 unspecified atom stereocenters. The Bertz CT molecular complexity index is 172. The van der Waals surface area contributed by atoms with E-state index < -0.39 is 0 Å². The molecule has 2 nitrogen and oxygen atoms in total. The van der Waals surface area contributed by atoms with Gasteiger partial charge in [0.15, 0.2) is 0 Å². The molecule has 84 valence electrons. The molecule has 0 aliphatic heterocycles. The molecule has 0 aromatic rings. The van der Waals surface area contributed by atoms with Crippen LogP contribution >= 0.6 is 0 Å². The molecule has 1 rings (SSSR count). The average Bonchev–Trinajstić information content (AvgIpc) is 2.07. The summed E-state index contributed by atoms with van der Waals surface area (Å²) in [5.41, 5.74) is 0.341. The van der Waals surface area contributed by atoms with Crippen molar-refractivity contribution < 1.29 is 10.2 Å². The Hall–Kier alpha value is -0.0800. The summed E-state index contributed by atoms with van der Waals surface area (Å²) in [6, 6.07) is 0. The van der Waals surface area contributed by atoms with Crippen LogP contribution in [0.1, 0.15) is 46.5 Å². The van der Waals surface area contributed by atoms with Gasteiger partial charge in [-0.15, -0.1) is 0 Å². The second-order valence-corrected chi connectivity index (χ2v) is 5.72. The number of aliphatic hydroxyl groups excluding tert-OH is 2. The SMILES string of the molecule is CC(C)(C)[C@H]1CC[C@H](O)[C@H](CCO)C1. The molecule has 1 aliphatic carbocycles. The monoisotopic (exact) mass is 200 g/mol. The fourth-order valence-corrected chi connectivity index (χ4v) is 2.51. The maximum atomic E-state index is 9.77. The summed E-state index contributed by atoms with van der Waals surface area (Å²) < 4.78 is 0. The van der Waals surface area contributed by atoms with E-state index in [-0.39, 0.29) is 12.7 Å². The predicted octanol–water partition coefficient (Wildman–Crippen LogP) is 2.19. The van der Waals surface area contributed by atoms with Crippen molar-refractivity contribution in [3.8, 4) is 0 Å². The van der Waals surface area contributed by atoms with Crippen molar-refractivity contribution in [1.29, 1.82) is 0 Å². The van der Waals surface area contributed by atoms with Gasteiger partial charge in [0, 0.05) is 6.61 Å². The quantitative estimate of drug-likeness (QED) is 0.717. The zero-order valence-electron chi connectivity index (χ0n) is 9.66. The molecule has 0 radical (unpaired) electrons. The van der Waals surface area contributed by atoms with E-state index in [1.54, 1.807) is 0 Å². The van der Waals surface area contributed by atoms with E-state index in [9.17, 15) is 5.11 Å². The lowest BCUT2D eigenvalue weighted by Gasteiger charge is -2.40. The lowest BCUT2D eigenvalue weighted by Crippen LogP contribution is -2.35. The van der Waals surface area contributed by atoms with Gasteiger partial charge in [-0.25, -0.2) is 0 Å². The minimum atomic E-state index is -0.180. The van der Waals surface area contributed by atoms with E-state index in [0.29, 0.717) is 17.3 Å². The van der Waals surface area contributed by atoms with Crippen LogP contribution in [0.3, 0.4) is 0 Å². The summed E-state index contributed by atoms with van der Waals surface area (Å²) in [5.74, 6) is 1.01. The van der Waals surface area contributed by atoms with Crippen LogP contribution in [0.25, 0.3) is 0 Å². The molecule has 0 saturated heterocycles. The Morgan fingerprint density at radius 2 is 1.86 bits per heavy atom. The maximum absolute atomic E-state index is 9.77. The van der Waals surface area contributed by atoms with Crippen LogP contribution in [-0.4, -0.2) is 22.9 Å². The third-order valence-electron chi connectivity index (χ3n) is 3.67. The predicted molar refractivity (Wildman–Crippen MR) is 58.0 cm³/mol. The fraction of sp³-hybridized carbons (Fsp3) is 1.00. The van der Waals surface area contributed by atoms with Crippen molar-refractivity contribution >= 4 is 0 Å². The molecule has 1 aliphatic rings. The van der Waals surface area contributed by atoms with Crippen LogP contribution in [-0.2, 0) is 0 Å². The summed E-state index contributed by atoms with van der Waals surface area (Å²) in [4.78, 5) is 0. The summed E-state index contributed by atoms with van der Waals surface area (Å²) in [5, 5.41) is 18.7. The van der Waals surface area contributed by atoms with Crippen LogP contribution < -0.4 is 0 Å². The van der Waals surface area contributed by atoms with Gasteiger partial charge in [0.25, 0.3) is 0 Å². The lowest BCUT2D eigenvalue weighted by molar-refractivity contribution is 0.00907. The first-order valence-corrected chi connectivity index (χ1v) is 5.74. The lowest BCUT2D eigenvalue weighted by atomic mass is 9.67. The first kappa shape index (κ1) is 12.0. The molecular weight excluding hydrogens is 176 g/mol. The molecule has 14 heavy (non-hydrogen) atoms. The van der Waals surface area contributed by atoms with E-state index in [4.69, 9.17) is 5.11 Å². The largest absolute Gasteiger partial charge is 0.396 e. The van der Waals surface area contributed by atoms with Crippen molar-refractivity contribution in [2.75, 3.05) is 6.61 Å². The van der Waals surface area contributed by atoms with E-state index in [1.807, 2.05) is 0 Å². The van der Waals surface area contributed by atoms with E-state index in [1.165, 1.54) is 0 Å². The molecule has 1 fully saturated rings. The van der Waals surface area contributed by atoms with Crippen LogP contribution in [0.4, 0.5) is 0 Å². The molecule has 1 saturated carbocycles. The number of hydrogen-bond donors (Lipinski definition) is 2. The molecule has 0 bridgehead atoms. The Kier molecular flexibility index (Phi) is 3.96. The molecule has 0 heterocycles. The van der Waals surface area contributed by atoms with Crippen molar-refractivity contribution in [1.82, 2.24) is 0 Å². The Morgan fingerprint density at radius 3 is 2.36 bits per heavy atom. The standard InChI is InChI=1S/C12H24O2/c1-12(2,3)10-4-5-11(14)9(8-10)6-7-13/h9-11,13-14H,4-8H2,1-3H3/t9-,10+,11+/m1/s1. The average molecular weight is 200 g/mol. The summed E-state index contributed by atoms with van der Waals surface area (Å²) >= 11 is 0. The molecule has 0 amide bonds. The van der Waals surface area contributed by atoms with Gasteiger partial charge in [-0.05, 0) is 42.9 Å². The highest BCUT2D eigenvalue weighted by atomic mass is 16.3. The van der Waals surface area contributed by atoms with E-state index >= 15 is 0 Å². The van der Waals surface area contributed by atoms with Gasteiger partial charge in [-0.2, -0.15) is 0 Å². The van der Waals surface area contributed by atoms with Crippen LogP contribution in [0.15, 0.2) is 0 Å². The highest BCUT2D eigenvalue weighted by molar-refractivity contribution is 4.85. The second-order valence-electron chi connectivity index (χ2n) is 5.72. The molecule has 0 spiro atoms. The number of aliphatic hydroxyl groups is 2. The highest BCUT2D eigenvalue weighted by Gasteiger charge is 2.34. The van der Waals surface area contributed by atoms with Crippen molar-refractivity contribution in [3.63, 3.8) is 0 Å². The first-order chi connectivity index (χ1) is 6.45. The van der Waals surface area contributed by atoms with Crippen LogP contribution in [0, 0.1) is 17.3 Å². The Morgan fingerprint density at radius 1 is 1.21 bits per heavy atom. The van der Waals surface area contributed by atoms with Gasteiger partial charge in [-0.3, -0.25) is 0 Å². The van der Waals surface area contributed by atoms with Gasteiger partial charge in [0.1, 0.15) is 0 Å². The third kappa shape index (κ3) is 2.96. The number of hydrogen-bond acceptors (Lipinski definition) is 2. The second kappa shape index (κ2) is 4.63. The highest BCUT2D eigenvalue weighted by Crippen LogP contribution is 2.41. The minimum Gasteiger partial charge on any atom is -0.396 e. The van der Waals surface area contributed by atoms with Crippen molar-refractivity contribution in [2.24, 2.45) is 17.3 Å². The molecular formula is C12H24O2. The zero-order valence-corrected chi connectivity index (χ0v) is 9.66. The van der Waals surface area contributed by atoms with Gasteiger partial charge >= 0.3 is 0 Å². The Balaban J connectivity index is 2.53. The van der Waals surface area contributed by atoms with Crippen LogP contribution in [0.2, 0.25) is 0 Å². The van der Waals surface area contributed by atoms with Crippen molar-refractivity contribution in [2.45, 2.75) is 52.6 Å². The fourth-order valence-electron chi connectivity index (χ4n) is 2.51. The Labute approximate surface area is 87.3 Å². The molecule has 0 aromatic heterocycles. The summed E-state index contributed by atoms with van der Waals surface area (Å²) in [7, 11) is 0. The maximum Gasteiger partial charge on any atom is 0.0569 e. The van der Waals surface area contributed by atoms with E-state index in [0.717, 1.165) is 25.7 Å². The van der Waals surface area contributed by atoms with Gasteiger partial charge < -0.3 is 10.2 Å². The smallest absolute Gasteiger partial charge is 0.0569 e. The summed E-state index contributed by atoms with van der Waals surface area (Å²) in [6.07, 6.45) is 3.69. The summed E-state index contributed by atoms with van der Waals surface area (Å²) in [6.45, 7) is 7.01. The molecule has 2 heteroatoms. The van der Waals surface area contributed by atoms with Gasteiger partial charge in [-0.1, -0.05) is 20.8 Å². The van der Waals surface area contributed by atoms with Crippen LogP contribution in [0.5, 0.6) is 0 Å². The topological polar surface area (TPSA) is 40.5 Å². The molecule has 2 N–H and O–H groups in total. The van der Waals surface area contributed by atoms with E-state index in [2.05, 4.69) is 20.8 Å². The third-order valence-corrected chi connectivity index (χ3v) is 3.67. The molecule has 3 atom stereocenters. The molecule has 0 aromatic carbocycles. The van der Waals surface area contributed by atoms with Gasteiger partial charge in [0.2, 0.25) is 0 Å². The minimum absolute atomic E-state index is 0.180. The first-order valence-electron chi connectivity index (χ1n) is 5.74. The zero-order chi connectivity index (χ0) is 10.8. The normalized spacial score (nSPS) is 34.5. The van der Waals surface area contributed by atoms with Crippen molar-refractivity contribution in [3.05, 3.63) is 0 Å². The number of rotatable bonds is 2. The van der Waals surface area contributed by atoms with Gasteiger partial charge in [0.05, 0.1) is 6.10 Å².